The minimum Gasteiger partial charge on any atom is -0.485 e. The van der Waals surface area contributed by atoms with Crippen molar-refractivity contribution >= 4 is 40.8 Å². The molecule has 1 fully saturated rings. The van der Waals surface area contributed by atoms with E-state index in [9.17, 15) is 14.4 Å². The second kappa shape index (κ2) is 10.6. The molecule has 3 amide bonds. The number of aromatic nitrogens is 2. The first-order chi connectivity index (χ1) is 19.8. The lowest BCUT2D eigenvalue weighted by Crippen LogP contribution is -2.24. The van der Waals surface area contributed by atoms with Crippen LogP contribution in [0.2, 0.25) is 0 Å². The van der Waals surface area contributed by atoms with Gasteiger partial charge in [-0.3, -0.25) is 14.6 Å². The Labute approximate surface area is 235 Å². The summed E-state index contributed by atoms with van der Waals surface area (Å²) >= 11 is 0. The highest BCUT2D eigenvalue weighted by Crippen LogP contribution is 2.44. The zero-order valence-corrected chi connectivity index (χ0v) is 22.1. The maximum Gasteiger partial charge on any atom is 0.409 e. The average molecular weight is 551 g/mol. The third-order valence-electron chi connectivity index (χ3n) is 6.92. The number of nitrogens with two attached hydrogens (primary N) is 1. The van der Waals surface area contributed by atoms with Gasteiger partial charge < -0.3 is 30.7 Å². The summed E-state index contributed by atoms with van der Waals surface area (Å²) in [7, 11) is 0. The highest BCUT2D eigenvalue weighted by Gasteiger charge is 2.27. The van der Waals surface area contributed by atoms with Crippen LogP contribution in [0.4, 0.5) is 27.7 Å². The van der Waals surface area contributed by atoms with E-state index in [1.165, 1.54) is 30.5 Å². The number of amides is 3. The number of ether oxygens (including phenoxy) is 2. The van der Waals surface area contributed by atoms with Crippen molar-refractivity contribution < 1.29 is 23.9 Å². The van der Waals surface area contributed by atoms with Crippen molar-refractivity contribution in [1.82, 2.24) is 9.97 Å². The number of hydrogen-bond acceptors (Lipinski definition) is 8. The van der Waals surface area contributed by atoms with Crippen LogP contribution in [-0.2, 0) is 4.79 Å². The largest absolute Gasteiger partial charge is 0.485 e. The number of pyridine rings is 2. The average Bonchev–Trinajstić information content (AvgIpc) is 3.39. The van der Waals surface area contributed by atoms with Crippen molar-refractivity contribution in [3.8, 4) is 22.6 Å². The zero-order chi connectivity index (χ0) is 28.5. The van der Waals surface area contributed by atoms with E-state index < -0.39 is 6.09 Å². The lowest BCUT2D eigenvalue weighted by atomic mass is 9.94. The molecule has 4 aromatic rings. The summed E-state index contributed by atoms with van der Waals surface area (Å²) in [4.78, 5) is 46.4. The van der Waals surface area contributed by atoms with Gasteiger partial charge in [0, 0.05) is 53.2 Å². The van der Waals surface area contributed by atoms with Crippen LogP contribution in [0.1, 0.15) is 41.8 Å². The maximum atomic E-state index is 12.7. The lowest BCUT2D eigenvalue weighted by Gasteiger charge is -2.28. The Balaban J connectivity index is 1.17. The Hall–Kier alpha value is -5.45. The normalized spacial score (nSPS) is 15.4. The van der Waals surface area contributed by atoms with Crippen molar-refractivity contribution in [3.05, 3.63) is 84.3 Å². The number of carbonyl (C=O) groups excluding carboxylic acids is 3. The van der Waals surface area contributed by atoms with Gasteiger partial charge in [0.05, 0.1) is 23.8 Å². The molecule has 2 aromatic heterocycles. The molecule has 2 aromatic carbocycles. The molecule has 1 unspecified atom stereocenters. The van der Waals surface area contributed by atoms with E-state index in [4.69, 9.17) is 15.2 Å². The fraction of sp³-hybridized carbons (Fsp3) is 0.167. The van der Waals surface area contributed by atoms with Crippen molar-refractivity contribution in [1.29, 1.82) is 0 Å². The smallest absolute Gasteiger partial charge is 0.409 e. The minimum atomic E-state index is -0.928. The van der Waals surface area contributed by atoms with Crippen LogP contribution in [0.25, 0.3) is 11.1 Å². The second-order valence-electron chi connectivity index (χ2n) is 9.73. The molecule has 11 heteroatoms. The monoisotopic (exact) mass is 550 g/mol. The molecule has 206 valence electrons. The van der Waals surface area contributed by atoms with Crippen LogP contribution in [0.3, 0.4) is 0 Å². The summed E-state index contributed by atoms with van der Waals surface area (Å²) < 4.78 is 11.0. The molecule has 0 aliphatic carbocycles. The van der Waals surface area contributed by atoms with Gasteiger partial charge in [-0.1, -0.05) is 0 Å². The van der Waals surface area contributed by atoms with E-state index in [2.05, 4.69) is 20.6 Å². The fourth-order valence-corrected chi connectivity index (χ4v) is 4.99. The summed E-state index contributed by atoms with van der Waals surface area (Å²) in [6, 6.07) is 15.5. The maximum absolute atomic E-state index is 12.7. The lowest BCUT2D eigenvalue weighted by molar-refractivity contribution is -0.117. The molecule has 0 radical (unpaired) electrons. The molecule has 2 aliphatic heterocycles. The van der Waals surface area contributed by atoms with E-state index in [0.29, 0.717) is 29.2 Å². The Morgan fingerprint density at radius 3 is 2.59 bits per heavy atom. The number of benzene rings is 2. The third kappa shape index (κ3) is 5.37. The van der Waals surface area contributed by atoms with E-state index in [1.54, 1.807) is 23.4 Å². The van der Waals surface area contributed by atoms with Crippen molar-refractivity contribution in [2.24, 2.45) is 5.73 Å². The molecule has 6 rings (SSSR count). The van der Waals surface area contributed by atoms with Crippen molar-refractivity contribution in [2.75, 3.05) is 22.1 Å². The first-order valence-corrected chi connectivity index (χ1v) is 13.1. The van der Waals surface area contributed by atoms with Gasteiger partial charge in [-0.15, -0.1) is 0 Å². The van der Waals surface area contributed by atoms with Crippen LogP contribution < -0.4 is 30.7 Å². The molecule has 4 heterocycles. The second-order valence-corrected chi connectivity index (χ2v) is 9.73. The Kier molecular flexibility index (Phi) is 6.68. The summed E-state index contributed by atoms with van der Waals surface area (Å²) in [5.74, 6) is 1.34. The number of nitrogens with zero attached hydrogens (tertiary/aromatic N) is 3. The van der Waals surface area contributed by atoms with Crippen LogP contribution in [-0.4, -0.2) is 34.4 Å². The van der Waals surface area contributed by atoms with E-state index in [1.807, 2.05) is 31.2 Å². The fourth-order valence-electron chi connectivity index (χ4n) is 4.99. The molecule has 2 aliphatic rings. The van der Waals surface area contributed by atoms with Crippen molar-refractivity contribution in [3.63, 3.8) is 0 Å². The van der Waals surface area contributed by atoms with Gasteiger partial charge in [0.15, 0.2) is 0 Å². The first-order valence-electron chi connectivity index (χ1n) is 13.1. The molecule has 41 heavy (non-hydrogen) atoms. The molecular weight excluding hydrogens is 524 g/mol. The molecule has 1 atom stereocenters. The predicted octanol–water partition coefficient (Wildman–Crippen LogP) is 5.18. The summed E-state index contributed by atoms with van der Waals surface area (Å²) in [5.41, 5.74) is 10.2. The predicted molar refractivity (Wildman–Crippen MR) is 152 cm³/mol. The molecule has 0 spiro atoms. The Morgan fingerprint density at radius 2 is 1.83 bits per heavy atom. The van der Waals surface area contributed by atoms with E-state index in [-0.39, 0.29) is 23.7 Å². The standard InChI is InChI=1S/C30H26N6O5/c1-17-24-13-27(33-16-25(24)23-9-6-21(12-26(23)40-17)36-10-2-3-28(36)37)34-19-11-20(15-32-14-19)35-29(38)18-4-7-22(8-5-18)41-30(31)39/h4-9,11-17H,2-3,10H2,1H3,(H2,31,39)(H,33,34)(H,35,38). The summed E-state index contributed by atoms with van der Waals surface area (Å²) in [6.07, 6.45) is 5.25. The van der Waals surface area contributed by atoms with Gasteiger partial charge in [-0.2, -0.15) is 0 Å². The molecule has 1 saturated heterocycles. The number of hydrogen-bond donors (Lipinski definition) is 3. The van der Waals surface area contributed by atoms with Crippen LogP contribution in [0.5, 0.6) is 11.5 Å². The SMILES string of the molecule is CC1Oc2cc(N3CCCC3=O)ccc2-c2cnc(Nc3cncc(NC(=O)c4ccc(OC(N)=O)cc4)c3)cc21. The minimum absolute atomic E-state index is 0.135. The molecular formula is C30H26N6O5. The molecule has 11 nitrogen and oxygen atoms in total. The topological polar surface area (TPSA) is 149 Å². The number of primary amides is 1. The van der Waals surface area contributed by atoms with Gasteiger partial charge in [0.25, 0.3) is 5.91 Å². The van der Waals surface area contributed by atoms with Gasteiger partial charge in [-0.05, 0) is 61.9 Å². The number of anilines is 4. The summed E-state index contributed by atoms with van der Waals surface area (Å²) in [5, 5.41) is 6.04. The van der Waals surface area contributed by atoms with E-state index in [0.717, 1.165) is 41.1 Å². The van der Waals surface area contributed by atoms with Gasteiger partial charge in [0.1, 0.15) is 23.4 Å². The van der Waals surface area contributed by atoms with Gasteiger partial charge >= 0.3 is 6.09 Å². The van der Waals surface area contributed by atoms with Gasteiger partial charge in [0.2, 0.25) is 5.91 Å². The Bertz CT molecular complexity index is 1670. The number of nitrogens with one attached hydrogen (secondary N) is 2. The Morgan fingerprint density at radius 1 is 1.02 bits per heavy atom. The van der Waals surface area contributed by atoms with Gasteiger partial charge in [-0.25, -0.2) is 9.78 Å². The number of fused-ring (bicyclic) bond motifs is 3. The first kappa shape index (κ1) is 25.8. The van der Waals surface area contributed by atoms with Crippen molar-refractivity contribution in [2.45, 2.75) is 25.9 Å². The molecule has 0 bridgehead atoms. The van der Waals surface area contributed by atoms with Crippen LogP contribution >= 0.6 is 0 Å². The highest BCUT2D eigenvalue weighted by molar-refractivity contribution is 6.04. The number of carbonyl (C=O) groups is 3. The van der Waals surface area contributed by atoms with E-state index >= 15 is 0 Å². The quantitative estimate of drug-likeness (QED) is 0.297. The summed E-state index contributed by atoms with van der Waals surface area (Å²) in [6.45, 7) is 2.70. The molecule has 4 N–H and O–H groups in total. The molecule has 0 saturated carbocycles. The van der Waals surface area contributed by atoms with Crippen LogP contribution in [0, 0.1) is 0 Å². The zero-order valence-electron chi connectivity index (χ0n) is 22.1. The van der Waals surface area contributed by atoms with Crippen LogP contribution in [0.15, 0.2) is 73.2 Å². The number of rotatable bonds is 6. The highest BCUT2D eigenvalue weighted by atomic mass is 16.5. The third-order valence-corrected chi connectivity index (χ3v) is 6.92.